The molecule has 1 atom stereocenters. The molecule has 0 aromatic carbocycles. The first-order valence-electron chi connectivity index (χ1n) is 7.49. The number of morpholine rings is 1. The molecule has 1 N–H and O–H groups in total. The van der Waals surface area contributed by atoms with Crippen LogP contribution in [0.4, 0.5) is 0 Å². The topological polar surface area (TPSA) is 83.9 Å². The average molecular weight is 319 g/mol. The summed E-state index contributed by atoms with van der Waals surface area (Å²) in [6.45, 7) is 6.19. The molecule has 6 nitrogen and oxygen atoms in total. The third-order valence-corrected chi connectivity index (χ3v) is 6.28. The molecule has 2 fully saturated rings. The molecule has 1 aliphatic carbocycles. The van der Waals surface area contributed by atoms with E-state index in [4.69, 9.17) is 9.84 Å². The Bertz CT molecular complexity index is 484. The monoisotopic (exact) mass is 319 g/mol. The lowest BCUT2D eigenvalue weighted by atomic mass is 10.1. The molecule has 0 spiro atoms. The Morgan fingerprint density at radius 2 is 2.10 bits per heavy atom. The van der Waals surface area contributed by atoms with Gasteiger partial charge in [-0.25, -0.2) is 8.42 Å². The van der Waals surface area contributed by atoms with Crippen molar-refractivity contribution in [1.82, 2.24) is 4.90 Å². The lowest BCUT2D eigenvalue weighted by Crippen LogP contribution is -2.48. The first kappa shape index (κ1) is 16.7. The standard InChI is InChI=1S/C14H25NO5S/c1-11(2)15-5-6-20-12(8-15)9-21(18,19)10-14(3-4-14)7-13(16)17/h11-12H,3-10H2,1-2H3,(H,16,17). The molecule has 2 aliphatic rings. The second-order valence-electron chi connectivity index (χ2n) is 6.71. The summed E-state index contributed by atoms with van der Waals surface area (Å²) >= 11 is 0. The van der Waals surface area contributed by atoms with Gasteiger partial charge in [0.1, 0.15) is 0 Å². The Morgan fingerprint density at radius 3 is 2.62 bits per heavy atom. The first-order chi connectivity index (χ1) is 9.71. The van der Waals surface area contributed by atoms with Gasteiger partial charge in [0, 0.05) is 19.1 Å². The normalized spacial score (nSPS) is 26.0. The molecule has 1 heterocycles. The van der Waals surface area contributed by atoms with Crippen LogP contribution in [0.5, 0.6) is 0 Å². The fourth-order valence-corrected chi connectivity index (χ4v) is 5.20. The highest BCUT2D eigenvalue weighted by Gasteiger charge is 2.48. The van der Waals surface area contributed by atoms with Crippen LogP contribution in [0.3, 0.4) is 0 Å². The van der Waals surface area contributed by atoms with Crippen molar-refractivity contribution in [3.05, 3.63) is 0 Å². The van der Waals surface area contributed by atoms with E-state index in [1.807, 2.05) is 0 Å². The third kappa shape index (κ3) is 4.93. The molecule has 7 heteroatoms. The van der Waals surface area contributed by atoms with Gasteiger partial charge in [-0.15, -0.1) is 0 Å². The number of hydrogen-bond donors (Lipinski definition) is 1. The molecule has 0 aromatic heterocycles. The second-order valence-corrected chi connectivity index (χ2v) is 8.82. The molecular formula is C14H25NO5S. The molecule has 0 amide bonds. The molecule has 0 aromatic rings. The number of carboxylic acid groups (broad SMARTS) is 1. The van der Waals surface area contributed by atoms with E-state index in [2.05, 4.69) is 18.7 Å². The highest BCUT2D eigenvalue weighted by atomic mass is 32.2. The van der Waals surface area contributed by atoms with E-state index in [0.717, 1.165) is 6.54 Å². The fourth-order valence-electron chi connectivity index (χ4n) is 2.99. The van der Waals surface area contributed by atoms with Gasteiger partial charge < -0.3 is 9.84 Å². The summed E-state index contributed by atoms with van der Waals surface area (Å²) in [5, 5.41) is 8.88. The van der Waals surface area contributed by atoms with E-state index in [1.54, 1.807) is 0 Å². The minimum absolute atomic E-state index is 0.00239. The number of ether oxygens (including phenoxy) is 1. The quantitative estimate of drug-likeness (QED) is 0.746. The molecule has 2 rings (SSSR count). The number of rotatable bonds is 7. The van der Waals surface area contributed by atoms with Crippen LogP contribution in [0, 0.1) is 5.41 Å². The number of sulfone groups is 1. The second kappa shape index (κ2) is 6.22. The van der Waals surface area contributed by atoms with E-state index in [0.29, 0.717) is 32.0 Å². The van der Waals surface area contributed by atoms with Gasteiger partial charge in [0.05, 0.1) is 30.6 Å². The summed E-state index contributed by atoms with van der Waals surface area (Å²) in [4.78, 5) is 13.0. The summed E-state index contributed by atoms with van der Waals surface area (Å²) in [5.74, 6) is -0.937. The van der Waals surface area contributed by atoms with Gasteiger partial charge in [-0.2, -0.15) is 0 Å². The lowest BCUT2D eigenvalue weighted by Gasteiger charge is -2.35. The van der Waals surface area contributed by atoms with E-state index in [-0.39, 0.29) is 24.0 Å². The van der Waals surface area contributed by atoms with Crippen LogP contribution in [-0.2, 0) is 19.4 Å². The first-order valence-corrected chi connectivity index (χ1v) is 9.31. The Morgan fingerprint density at radius 1 is 1.43 bits per heavy atom. The van der Waals surface area contributed by atoms with E-state index < -0.39 is 21.2 Å². The maximum absolute atomic E-state index is 12.3. The fraction of sp³-hybridized carbons (Fsp3) is 0.929. The van der Waals surface area contributed by atoms with Crippen molar-refractivity contribution in [1.29, 1.82) is 0 Å². The zero-order valence-electron chi connectivity index (χ0n) is 12.7. The molecule has 21 heavy (non-hydrogen) atoms. The van der Waals surface area contributed by atoms with Gasteiger partial charge in [0.2, 0.25) is 0 Å². The van der Waals surface area contributed by atoms with Crippen molar-refractivity contribution in [2.75, 3.05) is 31.2 Å². The van der Waals surface area contributed by atoms with Crippen LogP contribution in [0.15, 0.2) is 0 Å². The number of hydrogen-bond acceptors (Lipinski definition) is 5. The SMILES string of the molecule is CC(C)N1CCOC(CS(=O)(=O)CC2(CC(=O)O)CC2)C1. The summed E-state index contributed by atoms with van der Waals surface area (Å²) in [6.07, 6.45) is 1.05. The van der Waals surface area contributed by atoms with Crippen molar-refractivity contribution in [3.63, 3.8) is 0 Å². The molecule has 1 aliphatic heterocycles. The zero-order valence-corrected chi connectivity index (χ0v) is 13.6. The lowest BCUT2D eigenvalue weighted by molar-refractivity contribution is -0.138. The smallest absolute Gasteiger partial charge is 0.303 e. The van der Waals surface area contributed by atoms with Gasteiger partial charge in [-0.05, 0) is 32.1 Å². The maximum Gasteiger partial charge on any atom is 0.303 e. The van der Waals surface area contributed by atoms with Gasteiger partial charge in [0.15, 0.2) is 9.84 Å². The predicted octanol–water partition coefficient (Wildman–Crippen LogP) is 0.765. The van der Waals surface area contributed by atoms with Crippen LogP contribution in [-0.4, -0.2) is 67.7 Å². The van der Waals surface area contributed by atoms with Crippen LogP contribution in [0.1, 0.15) is 33.1 Å². The Labute approximate surface area is 126 Å². The number of carbonyl (C=O) groups is 1. The molecule has 1 unspecified atom stereocenters. The number of nitrogens with zero attached hydrogens (tertiary/aromatic N) is 1. The molecule has 1 saturated heterocycles. The Balaban J connectivity index is 1.90. The van der Waals surface area contributed by atoms with Crippen molar-refractivity contribution >= 4 is 15.8 Å². The summed E-state index contributed by atoms with van der Waals surface area (Å²) in [7, 11) is -3.29. The van der Waals surface area contributed by atoms with Crippen LogP contribution >= 0.6 is 0 Å². The van der Waals surface area contributed by atoms with Crippen LogP contribution in [0.2, 0.25) is 0 Å². The minimum atomic E-state index is -3.29. The molecular weight excluding hydrogens is 294 g/mol. The third-order valence-electron chi connectivity index (χ3n) is 4.35. The van der Waals surface area contributed by atoms with Crippen molar-refractivity contribution < 1.29 is 23.1 Å². The Kier molecular flexibility index (Phi) is 4.95. The van der Waals surface area contributed by atoms with Crippen molar-refractivity contribution in [2.45, 2.75) is 45.3 Å². The highest BCUT2D eigenvalue weighted by molar-refractivity contribution is 7.91. The maximum atomic E-state index is 12.3. The van der Waals surface area contributed by atoms with Gasteiger partial charge >= 0.3 is 5.97 Å². The molecule has 122 valence electrons. The predicted molar refractivity (Wildman–Crippen MR) is 79.0 cm³/mol. The summed E-state index contributed by atoms with van der Waals surface area (Å²) in [5.41, 5.74) is -0.517. The molecule has 1 saturated carbocycles. The van der Waals surface area contributed by atoms with Crippen LogP contribution in [0.25, 0.3) is 0 Å². The van der Waals surface area contributed by atoms with E-state index in [9.17, 15) is 13.2 Å². The molecule has 0 radical (unpaired) electrons. The molecule has 0 bridgehead atoms. The average Bonchev–Trinajstić information content (AvgIpc) is 3.05. The van der Waals surface area contributed by atoms with Crippen LogP contribution < -0.4 is 0 Å². The minimum Gasteiger partial charge on any atom is -0.481 e. The zero-order chi connectivity index (χ0) is 15.7. The van der Waals surface area contributed by atoms with Gasteiger partial charge in [0.25, 0.3) is 0 Å². The Hall–Kier alpha value is -0.660. The largest absolute Gasteiger partial charge is 0.481 e. The van der Waals surface area contributed by atoms with Crippen molar-refractivity contribution in [3.8, 4) is 0 Å². The summed E-state index contributed by atoms with van der Waals surface area (Å²) < 4.78 is 30.2. The van der Waals surface area contributed by atoms with Gasteiger partial charge in [-0.1, -0.05) is 0 Å². The number of aliphatic carboxylic acids is 1. The highest BCUT2D eigenvalue weighted by Crippen LogP contribution is 2.50. The van der Waals surface area contributed by atoms with E-state index >= 15 is 0 Å². The van der Waals surface area contributed by atoms with E-state index in [1.165, 1.54) is 0 Å². The summed E-state index contributed by atoms with van der Waals surface area (Å²) in [6, 6.07) is 0.376. The number of carboxylic acids is 1. The van der Waals surface area contributed by atoms with Gasteiger partial charge in [-0.3, -0.25) is 9.69 Å². The van der Waals surface area contributed by atoms with Crippen molar-refractivity contribution in [2.24, 2.45) is 5.41 Å².